The van der Waals surface area contributed by atoms with Crippen molar-refractivity contribution in [3.05, 3.63) is 54.1 Å². The Morgan fingerprint density at radius 1 is 1.19 bits per heavy atom. The van der Waals surface area contributed by atoms with Crippen LogP contribution in [0.5, 0.6) is 0 Å². The van der Waals surface area contributed by atoms with E-state index in [2.05, 4.69) is 67.2 Å². The lowest BCUT2D eigenvalue weighted by Gasteiger charge is -2.36. The van der Waals surface area contributed by atoms with Crippen molar-refractivity contribution in [3.8, 4) is 0 Å². The third-order valence-electron chi connectivity index (χ3n) is 4.40. The van der Waals surface area contributed by atoms with Crippen LogP contribution in [0.25, 0.3) is 6.08 Å². The normalized spacial score (nSPS) is 13.9. The molecular weight excluding hydrogens is 368 g/mol. The van der Waals surface area contributed by atoms with Crippen molar-refractivity contribution in [1.82, 2.24) is 4.90 Å². The van der Waals surface area contributed by atoms with Gasteiger partial charge in [-0.2, -0.15) is 0 Å². The van der Waals surface area contributed by atoms with Crippen LogP contribution in [-0.2, 0) is 4.79 Å². The zero-order valence-electron chi connectivity index (χ0n) is 15.0. The predicted molar refractivity (Wildman–Crippen MR) is 111 cm³/mol. The van der Waals surface area contributed by atoms with Crippen molar-refractivity contribution in [3.63, 3.8) is 0 Å². The number of halogens is 1. The number of benzene rings is 2. The van der Waals surface area contributed by atoms with E-state index in [4.69, 9.17) is 5.11 Å². The van der Waals surface area contributed by atoms with Crippen LogP contribution in [0.4, 0.5) is 11.4 Å². The maximum atomic E-state index is 10.8. The van der Waals surface area contributed by atoms with Gasteiger partial charge in [0, 0.05) is 28.5 Å². The van der Waals surface area contributed by atoms with Crippen LogP contribution < -0.4 is 4.90 Å². The van der Waals surface area contributed by atoms with Crippen LogP contribution in [0.3, 0.4) is 0 Å². The van der Waals surface area contributed by atoms with Gasteiger partial charge in [0.05, 0.1) is 11.4 Å². The van der Waals surface area contributed by atoms with Gasteiger partial charge in [0.15, 0.2) is 0 Å². The largest absolute Gasteiger partial charge is 0.478 e. The number of anilines is 2. The van der Waals surface area contributed by atoms with E-state index < -0.39 is 5.97 Å². The third kappa shape index (κ3) is 4.41. The number of carboxylic acid groups (broad SMARTS) is 1. The number of carboxylic acids is 1. The number of hydrogen-bond donors (Lipinski definition) is 1. The van der Waals surface area contributed by atoms with Crippen LogP contribution >= 0.6 is 24.2 Å². The van der Waals surface area contributed by atoms with Crippen molar-refractivity contribution in [2.24, 2.45) is 0 Å². The first-order valence-corrected chi connectivity index (χ1v) is 9.03. The minimum Gasteiger partial charge on any atom is -0.478 e. The Balaban J connectivity index is 0.00000243. The quantitative estimate of drug-likeness (QED) is 0.745. The van der Waals surface area contributed by atoms with Gasteiger partial charge in [0.2, 0.25) is 0 Å². The van der Waals surface area contributed by atoms with Crippen LogP contribution in [0, 0.1) is 0 Å². The van der Waals surface area contributed by atoms with Crippen molar-refractivity contribution in [1.29, 1.82) is 0 Å². The Morgan fingerprint density at radius 3 is 2.58 bits per heavy atom. The van der Waals surface area contributed by atoms with Gasteiger partial charge in [-0.25, -0.2) is 4.79 Å². The molecule has 3 rings (SSSR count). The summed E-state index contributed by atoms with van der Waals surface area (Å²) in [5.74, 6) is -0.933. The Labute approximate surface area is 164 Å². The van der Waals surface area contributed by atoms with Crippen LogP contribution in [0.2, 0.25) is 0 Å². The highest BCUT2D eigenvalue weighted by atomic mass is 35.5. The first kappa shape index (κ1) is 20.4. The van der Waals surface area contributed by atoms with Gasteiger partial charge < -0.3 is 14.9 Å². The number of carbonyl (C=O) groups is 1. The number of nitrogens with zero attached hydrogens (tertiary/aromatic N) is 2. The highest BCUT2D eigenvalue weighted by Gasteiger charge is 2.25. The number of rotatable bonds is 5. The molecule has 1 aliphatic heterocycles. The van der Waals surface area contributed by atoms with E-state index >= 15 is 0 Å². The molecule has 0 saturated heterocycles. The molecule has 1 atom stereocenters. The maximum absolute atomic E-state index is 10.8. The summed E-state index contributed by atoms with van der Waals surface area (Å²) >= 11 is 1.73. The van der Waals surface area contributed by atoms with Crippen molar-refractivity contribution in [2.45, 2.75) is 22.8 Å². The molecule has 2 aromatic rings. The number of hydrogen-bond acceptors (Lipinski definition) is 4. The maximum Gasteiger partial charge on any atom is 0.328 e. The molecule has 1 heterocycles. The summed E-state index contributed by atoms with van der Waals surface area (Å²) in [5.41, 5.74) is 3.29. The minimum absolute atomic E-state index is 0. The highest BCUT2D eigenvalue weighted by Crippen LogP contribution is 2.48. The van der Waals surface area contributed by atoms with Crippen LogP contribution in [0.1, 0.15) is 12.5 Å². The summed E-state index contributed by atoms with van der Waals surface area (Å²) in [6.45, 7) is 3.11. The van der Waals surface area contributed by atoms with E-state index in [-0.39, 0.29) is 12.4 Å². The molecule has 138 valence electrons. The fourth-order valence-corrected chi connectivity index (χ4v) is 3.89. The lowest BCUT2D eigenvalue weighted by atomic mass is 10.1. The van der Waals surface area contributed by atoms with Crippen LogP contribution in [0.15, 0.2) is 58.3 Å². The summed E-state index contributed by atoms with van der Waals surface area (Å²) in [5, 5.41) is 8.83. The molecule has 0 aromatic heterocycles. The van der Waals surface area contributed by atoms with Gasteiger partial charge in [-0.15, -0.1) is 12.4 Å². The lowest BCUT2D eigenvalue weighted by molar-refractivity contribution is -0.131. The minimum atomic E-state index is -0.933. The van der Waals surface area contributed by atoms with Crippen molar-refractivity contribution < 1.29 is 9.90 Å². The SMILES string of the molecule is CC(CN1c2ccccc2Sc2cc(/C=C/C(=O)O)ccc21)N(C)C.Cl. The molecule has 0 radical (unpaired) electrons. The number of fused-ring (bicyclic) bond motifs is 2. The van der Waals surface area contributed by atoms with E-state index in [9.17, 15) is 4.79 Å². The Hall–Kier alpha value is -1.95. The van der Waals surface area contributed by atoms with E-state index in [1.807, 2.05) is 6.07 Å². The molecule has 0 aliphatic carbocycles. The molecule has 0 fully saturated rings. The fourth-order valence-electron chi connectivity index (χ4n) is 2.75. The smallest absolute Gasteiger partial charge is 0.328 e. The molecule has 1 N–H and O–H groups in total. The van der Waals surface area contributed by atoms with Gasteiger partial charge in [0.25, 0.3) is 0 Å². The van der Waals surface area contributed by atoms with Crippen molar-refractivity contribution >= 4 is 47.6 Å². The monoisotopic (exact) mass is 390 g/mol. The van der Waals surface area contributed by atoms with Gasteiger partial charge in [-0.1, -0.05) is 30.0 Å². The van der Waals surface area contributed by atoms with E-state index in [1.165, 1.54) is 22.3 Å². The predicted octanol–water partition coefficient (Wildman–Crippen LogP) is 4.76. The fraction of sp³-hybridized carbons (Fsp3) is 0.250. The Morgan fingerprint density at radius 2 is 1.88 bits per heavy atom. The summed E-state index contributed by atoms with van der Waals surface area (Å²) < 4.78 is 0. The second-order valence-electron chi connectivity index (χ2n) is 6.39. The highest BCUT2D eigenvalue weighted by molar-refractivity contribution is 7.99. The topological polar surface area (TPSA) is 43.8 Å². The standard InChI is InChI=1S/C20H22N2O2S.ClH/c1-14(21(2)3)13-22-16-6-4-5-7-18(16)25-19-12-15(8-10-17(19)22)9-11-20(23)24;/h4-12,14H,13H2,1-3H3,(H,23,24);1H/b11-9+;. The first-order valence-electron chi connectivity index (χ1n) is 8.21. The number of para-hydroxylation sites is 1. The first-order chi connectivity index (χ1) is 12.0. The Kier molecular flexibility index (Phi) is 6.75. The molecule has 6 heteroatoms. The van der Waals surface area contributed by atoms with Crippen molar-refractivity contribution in [2.75, 3.05) is 25.5 Å². The molecule has 1 aliphatic rings. The zero-order valence-corrected chi connectivity index (χ0v) is 16.7. The van der Waals surface area contributed by atoms with Gasteiger partial charge in [0.1, 0.15) is 0 Å². The summed E-state index contributed by atoms with van der Waals surface area (Å²) in [4.78, 5) is 17.7. The van der Waals surface area contributed by atoms with Gasteiger partial charge >= 0.3 is 5.97 Å². The van der Waals surface area contributed by atoms with E-state index in [0.29, 0.717) is 6.04 Å². The van der Waals surface area contributed by atoms with E-state index in [0.717, 1.165) is 17.0 Å². The van der Waals surface area contributed by atoms with Crippen LogP contribution in [-0.4, -0.2) is 42.7 Å². The number of aliphatic carboxylic acids is 1. The molecule has 0 bridgehead atoms. The third-order valence-corrected chi connectivity index (χ3v) is 5.51. The molecule has 0 spiro atoms. The second-order valence-corrected chi connectivity index (χ2v) is 7.48. The summed E-state index contributed by atoms with van der Waals surface area (Å²) in [6, 6.07) is 14.9. The molecule has 2 aromatic carbocycles. The second kappa shape index (κ2) is 8.62. The molecule has 0 amide bonds. The molecule has 4 nitrogen and oxygen atoms in total. The lowest BCUT2D eigenvalue weighted by Crippen LogP contribution is -2.37. The molecular formula is C20H23ClN2O2S. The van der Waals surface area contributed by atoms with Gasteiger partial charge in [-0.05, 0) is 56.9 Å². The Bertz CT molecular complexity index is 823. The van der Waals surface area contributed by atoms with Gasteiger partial charge in [-0.3, -0.25) is 0 Å². The summed E-state index contributed by atoms with van der Waals surface area (Å²) in [6.07, 6.45) is 2.81. The molecule has 26 heavy (non-hydrogen) atoms. The van der Waals surface area contributed by atoms with E-state index in [1.54, 1.807) is 17.8 Å². The summed E-state index contributed by atoms with van der Waals surface area (Å²) in [7, 11) is 4.19. The number of likely N-dealkylation sites (N-methyl/N-ethyl adjacent to an activating group) is 1. The molecule has 0 saturated carbocycles. The zero-order chi connectivity index (χ0) is 18.0. The average Bonchev–Trinajstić information content (AvgIpc) is 2.59. The molecule has 1 unspecified atom stereocenters. The average molecular weight is 391 g/mol.